The van der Waals surface area contributed by atoms with Gasteiger partial charge in [-0.15, -0.1) is 0 Å². The molecule has 10 N–H and O–H groups in total. The van der Waals surface area contributed by atoms with Crippen molar-refractivity contribution in [2.45, 2.75) is 94.0 Å². The zero-order chi connectivity index (χ0) is 58.7. The Kier molecular flexibility index (Phi) is 41.3. The molecule has 6 amide bonds. The number of carboxylic acid groups (broad SMARTS) is 5. The van der Waals surface area contributed by atoms with Gasteiger partial charge in [-0.25, -0.2) is 14.4 Å². The van der Waals surface area contributed by atoms with Gasteiger partial charge < -0.3 is 114 Å². The van der Waals surface area contributed by atoms with Crippen molar-refractivity contribution < 1.29 is 129 Å². The van der Waals surface area contributed by atoms with E-state index < -0.39 is 127 Å². The van der Waals surface area contributed by atoms with Crippen molar-refractivity contribution >= 4 is 77.9 Å². The van der Waals surface area contributed by atoms with Crippen LogP contribution < -0.4 is 21.3 Å². The number of urea groups is 1. The number of ketones is 1. The molecule has 1 aromatic rings. The van der Waals surface area contributed by atoms with Crippen LogP contribution in [0.2, 0.25) is 0 Å². The molecular weight excluding hydrogens is 1150 g/mol. The summed E-state index contributed by atoms with van der Waals surface area (Å²) in [6, 6.07) is -1.74. The van der Waals surface area contributed by atoms with E-state index in [1.807, 2.05) is 5.32 Å². The van der Waals surface area contributed by atoms with Crippen LogP contribution in [0.3, 0.4) is 0 Å². The molecular formula is C46H67N7O23STc. The van der Waals surface area contributed by atoms with Crippen LogP contribution in [0.5, 0.6) is 0 Å². The van der Waals surface area contributed by atoms with Crippen molar-refractivity contribution in [1.82, 2.24) is 21.3 Å². The number of Topliss-reactive ketones (excluding diaryl/α,β-unsaturated/α-hetero) is 1. The van der Waals surface area contributed by atoms with Crippen molar-refractivity contribution in [2.24, 2.45) is 0 Å². The Labute approximate surface area is 464 Å². The molecule has 0 heterocycles. The molecule has 32 heteroatoms. The summed E-state index contributed by atoms with van der Waals surface area (Å²) in [6.07, 6.45) is -3.28. The van der Waals surface area contributed by atoms with Gasteiger partial charge in [0, 0.05) is 50.5 Å². The Balaban J connectivity index is 0.0000293. The van der Waals surface area contributed by atoms with Gasteiger partial charge >= 0.3 is 52.3 Å². The summed E-state index contributed by atoms with van der Waals surface area (Å²) in [6.45, 7) is 2.80. The number of ether oxygens (including phenoxy) is 6. The summed E-state index contributed by atoms with van der Waals surface area (Å²) >= 11 is 5.54. The van der Waals surface area contributed by atoms with Gasteiger partial charge in [0.1, 0.15) is 12.1 Å². The second kappa shape index (κ2) is 44.8. The van der Waals surface area contributed by atoms with Gasteiger partial charge in [0.2, 0.25) is 11.8 Å². The van der Waals surface area contributed by atoms with Crippen LogP contribution in [0.25, 0.3) is 16.4 Å². The molecule has 0 saturated heterocycles. The van der Waals surface area contributed by atoms with Crippen LogP contribution in [0.15, 0.2) is 30.3 Å². The van der Waals surface area contributed by atoms with E-state index in [2.05, 4.69) is 39.2 Å². The van der Waals surface area contributed by atoms with Crippen molar-refractivity contribution in [1.29, 1.82) is 0 Å². The zero-order valence-corrected chi connectivity index (χ0v) is 45.1. The summed E-state index contributed by atoms with van der Waals surface area (Å²) < 4.78 is 40.8. The van der Waals surface area contributed by atoms with Gasteiger partial charge in [0.15, 0.2) is 5.78 Å². The van der Waals surface area contributed by atoms with E-state index in [0.29, 0.717) is 19.8 Å². The molecule has 437 valence electrons. The fraction of sp³-hybridized carbons (Fsp3) is 0.630. The molecule has 6 atom stereocenters. The number of hydrogen-bond donors (Lipinski definition) is 9. The summed E-state index contributed by atoms with van der Waals surface area (Å²) in [5.74, 6) is -11.8. The van der Waals surface area contributed by atoms with Gasteiger partial charge in [0.05, 0.1) is 85.3 Å². The zero-order valence-electron chi connectivity index (χ0n) is 42.4. The first-order valence-corrected chi connectivity index (χ1v) is 25.3. The van der Waals surface area contributed by atoms with Crippen LogP contribution in [-0.2, 0) is 118 Å². The maximum absolute atomic E-state index is 13.3. The van der Waals surface area contributed by atoms with E-state index in [9.17, 15) is 63.0 Å². The molecule has 0 aromatic heterocycles. The molecule has 0 radical (unpaired) electrons. The molecule has 0 unspecified atom stereocenters. The van der Waals surface area contributed by atoms with Crippen LogP contribution >= 0.6 is 0 Å². The number of nitrogens with zero attached hydrogens (tertiary/aromatic N) is 2. The summed E-state index contributed by atoms with van der Waals surface area (Å²) in [7, 11) is 0. The molecule has 0 saturated carbocycles. The number of amides is 6. The predicted molar refractivity (Wildman–Crippen MR) is 265 cm³/mol. The Hall–Kier alpha value is -6.09. The van der Waals surface area contributed by atoms with Crippen LogP contribution in [0.1, 0.15) is 56.9 Å². The fourth-order valence-corrected chi connectivity index (χ4v) is 6.30. The van der Waals surface area contributed by atoms with Gasteiger partial charge in [-0.2, -0.15) is 5.75 Å². The number of benzene rings is 1. The average molecular weight is 1220 g/mol. The molecule has 0 fully saturated rings. The molecule has 0 aliphatic heterocycles. The number of rotatable bonds is 46. The Morgan fingerprint density at radius 2 is 1.00 bits per heavy atom. The number of carbonyl (C=O) groups is 11. The van der Waals surface area contributed by atoms with Gasteiger partial charge in [0.25, 0.3) is 5.97 Å². The first kappa shape index (κ1) is 71.9. The topological polar surface area (TPSA) is 461 Å². The first-order valence-electron chi connectivity index (χ1n) is 24.0. The van der Waals surface area contributed by atoms with E-state index in [-0.39, 0.29) is 105 Å². The third-order valence-corrected chi connectivity index (χ3v) is 10.4. The number of nitrogens with one attached hydrogen (secondary N) is 5. The van der Waals surface area contributed by atoms with Crippen LogP contribution in [-0.4, -0.2) is 219 Å². The Morgan fingerprint density at radius 1 is 0.526 bits per heavy atom. The molecule has 30 nitrogen and oxygen atoms in total. The predicted octanol–water partition coefficient (Wildman–Crippen LogP) is -0.537. The molecule has 0 aliphatic carbocycles. The molecule has 78 heavy (non-hydrogen) atoms. The first-order chi connectivity index (χ1) is 37.2. The van der Waals surface area contributed by atoms with E-state index in [0.717, 1.165) is 24.4 Å². The average Bonchev–Trinajstić information content (AvgIpc) is 3.39. The second-order valence-corrected chi connectivity index (χ2v) is 16.4. The van der Waals surface area contributed by atoms with E-state index in [4.69, 9.17) is 53.0 Å². The van der Waals surface area contributed by atoms with Crippen molar-refractivity contribution in [2.75, 3.05) is 91.6 Å². The third-order valence-electron chi connectivity index (χ3n) is 10.1. The van der Waals surface area contributed by atoms with E-state index in [1.165, 1.54) is 0 Å². The molecule has 1 aromatic carbocycles. The minimum absolute atomic E-state index is 0.00763. The van der Waals surface area contributed by atoms with Crippen molar-refractivity contribution in [3.8, 4) is 0 Å². The maximum atomic E-state index is 13.3. The number of carbonyl (C=O) groups excluding carboxylic acids is 6. The molecule has 0 aliphatic rings. The van der Waals surface area contributed by atoms with E-state index >= 15 is 0 Å². The SMILES string of the molecule is [NH-][C@@H](CCC(=O)[C@H](Cc1ccccc1)NC(=O)CCOCCOCCOCCOCCOCCOCCNC(=O)CC[C@H](NC(=O)N[C@@H](CCC(=O)O)C(=O)O)C(=O)O)C(=O)[N-][C@@H](CC(=O)O)C(=O)[N-][C@@H](C[S-])C(=O)O.[O]=[99Tc+4]. The number of aliphatic carboxylic acids is 5. The minimum atomic E-state index is -1.90. The normalized spacial score (nSPS) is 13.1. The summed E-state index contributed by atoms with van der Waals surface area (Å²) in [4.78, 5) is 131. The Bertz CT molecular complexity index is 2010. The number of carboxylic acids is 5. The third kappa shape index (κ3) is 36.9. The quantitative estimate of drug-likeness (QED) is 0.0292. The van der Waals surface area contributed by atoms with Crippen molar-refractivity contribution in [3.05, 3.63) is 52.3 Å². The summed E-state index contributed by atoms with van der Waals surface area (Å²) in [5, 5.41) is 61.6. The van der Waals surface area contributed by atoms with Gasteiger partial charge in [-0.1, -0.05) is 48.8 Å². The fourth-order valence-electron chi connectivity index (χ4n) is 6.08. The van der Waals surface area contributed by atoms with Crippen LogP contribution in [0.4, 0.5) is 4.79 Å². The number of hydrogen-bond acceptors (Lipinski definition) is 19. The second-order valence-electron chi connectivity index (χ2n) is 16.1. The molecule has 0 bridgehead atoms. The summed E-state index contributed by atoms with van der Waals surface area (Å²) in [5.41, 5.74) is 8.91. The molecule has 1 rings (SSSR count). The van der Waals surface area contributed by atoms with Gasteiger partial charge in [-0.3, -0.25) is 28.8 Å². The van der Waals surface area contributed by atoms with E-state index in [1.54, 1.807) is 30.3 Å². The Morgan fingerprint density at radius 3 is 1.46 bits per heavy atom. The standard InChI is InChI=1S/C46H70N7O22S.O.Tc/c47-30(41(61)50-34(27-40(59)60)42(62)51-35(28-76)45(67)68)6-9-36(54)33(26-29-4-2-1-3-5-29)49-38(56)12-14-70-16-18-72-20-22-74-24-25-75-23-21-73-19-17-71-15-13-48-37(55)10-7-31(43(63)64)52-46(69)53-32(44(65)66)8-11-39(57)58;;/h1-5,30-35,47H,6-28H2,(H12,48,49,50,51,52,53,55,56,57,58,59,60,61,62,63,64,65,66,67,68,69,76);;/q-1;;+4/p-3/t30-,31-,32-,33-,34-,35-;;/m0../s1/i;;1+1. The van der Waals surface area contributed by atoms with Gasteiger partial charge in [-0.05, 0) is 30.9 Å². The molecule has 0 spiro atoms. The monoisotopic (exact) mass is 1220 g/mol. The van der Waals surface area contributed by atoms with Crippen LogP contribution in [0, 0.1) is 0 Å². The van der Waals surface area contributed by atoms with Crippen molar-refractivity contribution in [3.63, 3.8) is 0 Å².